The molecule has 0 aliphatic heterocycles. The minimum absolute atomic E-state index is 0. The van der Waals surface area contributed by atoms with E-state index in [1.165, 1.54) is 31.4 Å². The predicted octanol–water partition coefficient (Wildman–Crippen LogP) is 1.93. The molecule has 1 aliphatic rings. The van der Waals surface area contributed by atoms with Crippen molar-refractivity contribution in [2.24, 2.45) is 11.7 Å². The van der Waals surface area contributed by atoms with Gasteiger partial charge in [-0.1, -0.05) is 31.4 Å². The molecule has 7 heteroatoms. The minimum atomic E-state index is -0.378. The molecule has 1 aromatic carbocycles. The average Bonchev–Trinajstić information content (AvgIpc) is 2.58. The molecule has 25 heavy (non-hydrogen) atoms. The van der Waals surface area contributed by atoms with Gasteiger partial charge in [0.05, 0.1) is 13.0 Å². The number of hydrogen-bond donors (Lipinski definition) is 3. The molecule has 0 spiro atoms. The first-order valence-electron chi connectivity index (χ1n) is 8.59. The molecule has 0 bridgehead atoms. The molecule has 0 saturated heterocycles. The molecule has 1 fully saturated rings. The summed E-state index contributed by atoms with van der Waals surface area (Å²) in [5.74, 6) is -0.492. The Bertz CT molecular complexity index is 565. The van der Waals surface area contributed by atoms with Gasteiger partial charge in [-0.2, -0.15) is 0 Å². The van der Waals surface area contributed by atoms with E-state index in [1.807, 2.05) is 0 Å². The summed E-state index contributed by atoms with van der Waals surface area (Å²) in [7, 11) is 0. The Morgan fingerprint density at radius 1 is 1.20 bits per heavy atom. The van der Waals surface area contributed by atoms with Crippen molar-refractivity contribution < 1.29 is 14.0 Å². The number of benzene rings is 1. The summed E-state index contributed by atoms with van der Waals surface area (Å²) < 4.78 is 13.1. The SMILES string of the molecule is Cl.NCC(NC(=O)CNC(=O)Cc1cccc(F)c1)C1CCCCC1. The van der Waals surface area contributed by atoms with Gasteiger partial charge in [0.25, 0.3) is 0 Å². The number of nitrogens with two attached hydrogens (primary N) is 1. The molecule has 1 aliphatic carbocycles. The lowest BCUT2D eigenvalue weighted by Crippen LogP contribution is -2.49. The van der Waals surface area contributed by atoms with Crippen molar-refractivity contribution in [3.63, 3.8) is 0 Å². The predicted molar refractivity (Wildman–Crippen MR) is 97.9 cm³/mol. The number of carbonyl (C=O) groups is 2. The van der Waals surface area contributed by atoms with Crippen LogP contribution >= 0.6 is 12.4 Å². The molecular weight excluding hydrogens is 345 g/mol. The number of carbonyl (C=O) groups excluding carboxylic acids is 2. The third-order valence-electron chi connectivity index (χ3n) is 4.52. The summed E-state index contributed by atoms with van der Waals surface area (Å²) in [5, 5.41) is 5.49. The van der Waals surface area contributed by atoms with Crippen LogP contribution < -0.4 is 16.4 Å². The standard InChI is InChI=1S/C18H26FN3O2.ClH/c19-15-8-4-5-13(9-15)10-17(23)21-12-18(24)22-16(11-20)14-6-2-1-3-7-14;/h4-5,8-9,14,16H,1-3,6-7,10-12,20H2,(H,21,23)(H,22,24);1H. The van der Waals surface area contributed by atoms with Crippen LogP contribution in [0, 0.1) is 11.7 Å². The number of hydrogen-bond acceptors (Lipinski definition) is 3. The van der Waals surface area contributed by atoms with Crippen LogP contribution in [0.2, 0.25) is 0 Å². The number of halogens is 2. The van der Waals surface area contributed by atoms with E-state index in [9.17, 15) is 14.0 Å². The van der Waals surface area contributed by atoms with Crippen LogP contribution in [-0.2, 0) is 16.0 Å². The summed E-state index contributed by atoms with van der Waals surface area (Å²) in [5.41, 5.74) is 6.37. The fraction of sp³-hybridized carbons (Fsp3) is 0.556. The molecule has 1 saturated carbocycles. The van der Waals surface area contributed by atoms with Crippen molar-refractivity contribution in [3.05, 3.63) is 35.6 Å². The summed E-state index contributed by atoms with van der Waals surface area (Å²) in [6.45, 7) is 0.324. The van der Waals surface area contributed by atoms with Crippen molar-refractivity contribution >= 4 is 24.2 Å². The van der Waals surface area contributed by atoms with E-state index in [0.717, 1.165) is 12.8 Å². The van der Waals surface area contributed by atoms with Gasteiger partial charge in [-0.25, -0.2) is 4.39 Å². The fourth-order valence-corrected chi connectivity index (χ4v) is 3.24. The number of amides is 2. The van der Waals surface area contributed by atoms with Crippen molar-refractivity contribution in [1.82, 2.24) is 10.6 Å². The van der Waals surface area contributed by atoms with E-state index in [4.69, 9.17) is 5.73 Å². The maximum Gasteiger partial charge on any atom is 0.239 e. The summed E-state index contributed by atoms with van der Waals surface area (Å²) in [6.07, 6.45) is 5.84. The van der Waals surface area contributed by atoms with E-state index >= 15 is 0 Å². The van der Waals surface area contributed by atoms with Crippen LogP contribution in [0.1, 0.15) is 37.7 Å². The number of rotatable bonds is 7. The van der Waals surface area contributed by atoms with Crippen LogP contribution in [0.5, 0.6) is 0 Å². The van der Waals surface area contributed by atoms with Crippen LogP contribution in [0.25, 0.3) is 0 Å². The quantitative estimate of drug-likeness (QED) is 0.684. The molecule has 0 aromatic heterocycles. The van der Waals surface area contributed by atoms with Gasteiger partial charge in [0.1, 0.15) is 5.82 Å². The summed E-state index contributed by atoms with van der Waals surface area (Å²) >= 11 is 0. The highest BCUT2D eigenvalue weighted by Gasteiger charge is 2.23. The van der Waals surface area contributed by atoms with Gasteiger partial charge < -0.3 is 16.4 Å². The molecule has 1 aromatic rings. The van der Waals surface area contributed by atoms with E-state index in [-0.39, 0.29) is 49.0 Å². The van der Waals surface area contributed by atoms with Gasteiger partial charge >= 0.3 is 0 Å². The molecule has 1 atom stereocenters. The molecule has 4 N–H and O–H groups in total. The molecule has 2 rings (SSSR count). The van der Waals surface area contributed by atoms with Gasteiger partial charge in [-0.3, -0.25) is 9.59 Å². The molecule has 5 nitrogen and oxygen atoms in total. The molecule has 0 heterocycles. The molecular formula is C18H27ClFN3O2. The normalized spacial score (nSPS) is 15.8. The van der Waals surface area contributed by atoms with E-state index < -0.39 is 0 Å². The Morgan fingerprint density at radius 2 is 1.92 bits per heavy atom. The molecule has 1 unspecified atom stereocenters. The topological polar surface area (TPSA) is 84.2 Å². The van der Waals surface area contributed by atoms with E-state index in [0.29, 0.717) is 18.0 Å². The van der Waals surface area contributed by atoms with Crippen LogP contribution in [-0.4, -0.2) is 30.9 Å². The second kappa shape index (κ2) is 11.1. The lowest BCUT2D eigenvalue weighted by atomic mass is 9.84. The fourth-order valence-electron chi connectivity index (χ4n) is 3.24. The van der Waals surface area contributed by atoms with Gasteiger partial charge in [-0.15, -0.1) is 12.4 Å². The Kier molecular flexibility index (Phi) is 9.45. The van der Waals surface area contributed by atoms with Crippen molar-refractivity contribution in [2.45, 2.75) is 44.6 Å². The Morgan fingerprint density at radius 3 is 2.56 bits per heavy atom. The summed E-state index contributed by atoms with van der Waals surface area (Å²) in [6, 6.07) is 5.84. The summed E-state index contributed by atoms with van der Waals surface area (Å²) in [4.78, 5) is 23.9. The average molecular weight is 372 g/mol. The zero-order valence-corrected chi connectivity index (χ0v) is 15.1. The first kappa shape index (κ1) is 21.4. The lowest BCUT2D eigenvalue weighted by molar-refractivity contribution is -0.126. The van der Waals surface area contributed by atoms with E-state index in [1.54, 1.807) is 12.1 Å². The van der Waals surface area contributed by atoms with Crippen LogP contribution in [0.4, 0.5) is 4.39 Å². The van der Waals surface area contributed by atoms with Crippen molar-refractivity contribution in [3.8, 4) is 0 Å². The highest BCUT2D eigenvalue weighted by Crippen LogP contribution is 2.26. The van der Waals surface area contributed by atoms with Crippen LogP contribution in [0.3, 0.4) is 0 Å². The first-order valence-corrected chi connectivity index (χ1v) is 8.59. The van der Waals surface area contributed by atoms with Crippen LogP contribution in [0.15, 0.2) is 24.3 Å². The third-order valence-corrected chi connectivity index (χ3v) is 4.52. The van der Waals surface area contributed by atoms with Gasteiger partial charge in [0, 0.05) is 12.6 Å². The highest BCUT2D eigenvalue weighted by molar-refractivity contribution is 5.86. The van der Waals surface area contributed by atoms with Gasteiger partial charge in [0.2, 0.25) is 11.8 Å². The first-order chi connectivity index (χ1) is 11.6. The lowest BCUT2D eigenvalue weighted by Gasteiger charge is -2.30. The second-order valence-corrected chi connectivity index (χ2v) is 6.39. The maximum atomic E-state index is 13.1. The van der Waals surface area contributed by atoms with Gasteiger partial charge in [-0.05, 0) is 36.5 Å². The molecule has 140 valence electrons. The monoisotopic (exact) mass is 371 g/mol. The third kappa shape index (κ3) is 7.40. The zero-order chi connectivity index (χ0) is 17.4. The van der Waals surface area contributed by atoms with E-state index in [2.05, 4.69) is 10.6 Å². The maximum absolute atomic E-state index is 13.1. The highest BCUT2D eigenvalue weighted by atomic mass is 35.5. The smallest absolute Gasteiger partial charge is 0.239 e. The molecule has 0 radical (unpaired) electrons. The Hall–Kier alpha value is -1.66. The Balaban J connectivity index is 0.00000312. The second-order valence-electron chi connectivity index (χ2n) is 6.39. The van der Waals surface area contributed by atoms with Crippen molar-refractivity contribution in [2.75, 3.05) is 13.1 Å². The van der Waals surface area contributed by atoms with Crippen molar-refractivity contribution in [1.29, 1.82) is 0 Å². The zero-order valence-electron chi connectivity index (χ0n) is 14.3. The van der Waals surface area contributed by atoms with Gasteiger partial charge in [0.15, 0.2) is 0 Å². The number of nitrogens with one attached hydrogen (secondary N) is 2. The Labute approximate surface area is 154 Å². The largest absolute Gasteiger partial charge is 0.350 e. The minimum Gasteiger partial charge on any atom is -0.350 e. The molecule has 2 amide bonds.